The molecule has 3 aromatic rings. The minimum Gasteiger partial charge on any atom is -0.478 e. The Morgan fingerprint density at radius 2 is 2.11 bits per heavy atom. The quantitative estimate of drug-likeness (QED) is 0.764. The Kier molecular flexibility index (Phi) is 2.49. The van der Waals surface area contributed by atoms with Crippen LogP contribution >= 0.6 is 0 Å². The highest BCUT2D eigenvalue weighted by Gasteiger charge is 2.09. The van der Waals surface area contributed by atoms with E-state index >= 15 is 0 Å². The minimum absolute atomic E-state index is 0.114. The van der Waals surface area contributed by atoms with Crippen LogP contribution in [-0.2, 0) is 0 Å². The van der Waals surface area contributed by atoms with Gasteiger partial charge in [0.25, 0.3) is 0 Å². The van der Waals surface area contributed by atoms with Crippen molar-refractivity contribution in [2.45, 2.75) is 0 Å². The van der Waals surface area contributed by atoms with E-state index in [1.165, 1.54) is 28.9 Å². The molecule has 1 aromatic carbocycles. The topological polar surface area (TPSA) is 67.5 Å². The Morgan fingerprint density at radius 3 is 2.84 bits per heavy atom. The fourth-order valence-electron chi connectivity index (χ4n) is 1.76. The molecule has 0 fully saturated rings. The summed E-state index contributed by atoms with van der Waals surface area (Å²) in [7, 11) is 0. The molecule has 94 valence electrons. The number of hydrogen-bond acceptors (Lipinski definition) is 3. The van der Waals surface area contributed by atoms with Crippen LogP contribution in [0.3, 0.4) is 0 Å². The van der Waals surface area contributed by atoms with E-state index in [0.29, 0.717) is 17.0 Å². The monoisotopic (exact) mass is 257 g/mol. The normalized spacial score (nSPS) is 10.8. The maximum absolute atomic E-state index is 13.1. The predicted molar refractivity (Wildman–Crippen MR) is 65.3 cm³/mol. The summed E-state index contributed by atoms with van der Waals surface area (Å²) in [6.07, 6.45) is 1.37. The molecular formula is C13H8FN3O2. The number of nitrogens with zero attached hydrogens (tertiary/aromatic N) is 3. The number of aromatic carboxylic acids is 1. The van der Waals surface area contributed by atoms with Crippen LogP contribution in [0, 0.1) is 5.82 Å². The molecule has 0 bridgehead atoms. The molecule has 0 saturated heterocycles. The highest BCUT2D eigenvalue weighted by Crippen LogP contribution is 2.17. The van der Waals surface area contributed by atoms with Gasteiger partial charge in [-0.1, -0.05) is 12.1 Å². The zero-order chi connectivity index (χ0) is 13.4. The van der Waals surface area contributed by atoms with Gasteiger partial charge in [0.05, 0.1) is 5.56 Å². The van der Waals surface area contributed by atoms with E-state index < -0.39 is 5.97 Å². The van der Waals surface area contributed by atoms with Gasteiger partial charge in [0.1, 0.15) is 5.82 Å². The van der Waals surface area contributed by atoms with Crippen LogP contribution < -0.4 is 0 Å². The summed E-state index contributed by atoms with van der Waals surface area (Å²) in [5, 5.41) is 13.0. The largest absolute Gasteiger partial charge is 0.478 e. The number of aromatic nitrogens is 3. The maximum Gasteiger partial charge on any atom is 0.337 e. The van der Waals surface area contributed by atoms with E-state index in [9.17, 15) is 9.18 Å². The Morgan fingerprint density at radius 1 is 1.26 bits per heavy atom. The molecule has 5 nitrogen and oxygen atoms in total. The third kappa shape index (κ3) is 2.03. The molecule has 6 heteroatoms. The summed E-state index contributed by atoms with van der Waals surface area (Å²) in [6.45, 7) is 0. The summed E-state index contributed by atoms with van der Waals surface area (Å²) < 4.78 is 14.5. The lowest BCUT2D eigenvalue weighted by molar-refractivity contribution is 0.0696. The van der Waals surface area contributed by atoms with Gasteiger partial charge >= 0.3 is 5.97 Å². The maximum atomic E-state index is 13.1. The van der Waals surface area contributed by atoms with Crippen LogP contribution in [-0.4, -0.2) is 25.7 Å². The first kappa shape index (κ1) is 11.3. The lowest BCUT2D eigenvalue weighted by Crippen LogP contribution is -1.99. The summed E-state index contributed by atoms with van der Waals surface area (Å²) >= 11 is 0. The lowest BCUT2D eigenvalue weighted by atomic mass is 10.2. The fraction of sp³-hybridized carbons (Fsp3) is 0. The Labute approximate surface area is 107 Å². The van der Waals surface area contributed by atoms with Gasteiger partial charge in [-0.05, 0) is 24.3 Å². The van der Waals surface area contributed by atoms with Crippen LogP contribution in [0.2, 0.25) is 0 Å². The van der Waals surface area contributed by atoms with Crippen LogP contribution in [0.15, 0.2) is 42.6 Å². The van der Waals surface area contributed by atoms with Crippen molar-refractivity contribution in [2.24, 2.45) is 0 Å². The Bertz CT molecular complexity index is 782. The smallest absolute Gasteiger partial charge is 0.337 e. The number of carboxylic acids is 1. The van der Waals surface area contributed by atoms with Gasteiger partial charge in [-0.25, -0.2) is 18.7 Å². The van der Waals surface area contributed by atoms with Gasteiger partial charge in [-0.3, -0.25) is 0 Å². The molecule has 2 heterocycles. The standard InChI is InChI=1S/C13H8FN3O2/c14-10-3-1-2-8(6-10)12-15-11-5-4-9(13(18)19)7-17(11)16-12/h1-7H,(H,18,19). The first-order chi connectivity index (χ1) is 9.13. The Balaban J connectivity index is 2.14. The summed E-state index contributed by atoms with van der Waals surface area (Å²) in [5.41, 5.74) is 1.16. The third-order valence-corrected chi connectivity index (χ3v) is 2.66. The van der Waals surface area contributed by atoms with Crippen LogP contribution in [0.5, 0.6) is 0 Å². The number of carbonyl (C=O) groups is 1. The molecule has 0 aliphatic carbocycles. The third-order valence-electron chi connectivity index (χ3n) is 2.66. The molecule has 0 unspecified atom stereocenters. The molecular weight excluding hydrogens is 249 g/mol. The van der Waals surface area contributed by atoms with Gasteiger partial charge in [-0.2, -0.15) is 0 Å². The molecule has 0 aliphatic heterocycles. The van der Waals surface area contributed by atoms with Gasteiger partial charge in [0.15, 0.2) is 11.5 Å². The number of benzene rings is 1. The van der Waals surface area contributed by atoms with Crippen LogP contribution in [0.25, 0.3) is 17.0 Å². The Hall–Kier alpha value is -2.76. The number of halogens is 1. The van der Waals surface area contributed by atoms with E-state index in [2.05, 4.69) is 10.1 Å². The summed E-state index contributed by atoms with van der Waals surface area (Å²) in [5.74, 6) is -1.06. The first-order valence-corrected chi connectivity index (χ1v) is 5.49. The van der Waals surface area contributed by atoms with Gasteiger partial charge in [0, 0.05) is 11.8 Å². The molecule has 3 rings (SSSR count). The molecule has 0 radical (unpaired) electrons. The van der Waals surface area contributed by atoms with Crippen molar-refractivity contribution in [2.75, 3.05) is 0 Å². The van der Waals surface area contributed by atoms with E-state index in [4.69, 9.17) is 5.11 Å². The van der Waals surface area contributed by atoms with Crippen LogP contribution in [0.4, 0.5) is 4.39 Å². The number of carboxylic acid groups (broad SMARTS) is 1. The molecule has 0 amide bonds. The van der Waals surface area contributed by atoms with Crippen molar-refractivity contribution < 1.29 is 14.3 Å². The second-order valence-corrected chi connectivity index (χ2v) is 3.97. The molecule has 0 spiro atoms. The van der Waals surface area contributed by atoms with E-state index in [1.54, 1.807) is 18.2 Å². The molecule has 19 heavy (non-hydrogen) atoms. The van der Waals surface area contributed by atoms with Crippen molar-refractivity contribution in [3.63, 3.8) is 0 Å². The van der Waals surface area contributed by atoms with E-state index in [-0.39, 0.29) is 11.4 Å². The molecule has 1 N–H and O–H groups in total. The fourth-order valence-corrected chi connectivity index (χ4v) is 1.76. The second kappa shape index (κ2) is 4.16. The van der Waals surface area contributed by atoms with Crippen molar-refractivity contribution >= 4 is 11.6 Å². The number of rotatable bonds is 2. The van der Waals surface area contributed by atoms with Crippen LogP contribution in [0.1, 0.15) is 10.4 Å². The zero-order valence-corrected chi connectivity index (χ0v) is 9.62. The average Bonchev–Trinajstić information content (AvgIpc) is 2.81. The van der Waals surface area contributed by atoms with Gasteiger partial charge < -0.3 is 5.11 Å². The van der Waals surface area contributed by atoms with E-state index in [1.807, 2.05) is 0 Å². The number of pyridine rings is 1. The van der Waals surface area contributed by atoms with Crippen molar-refractivity contribution in [1.82, 2.24) is 14.6 Å². The second-order valence-electron chi connectivity index (χ2n) is 3.97. The molecule has 0 saturated carbocycles. The zero-order valence-electron chi connectivity index (χ0n) is 9.62. The molecule has 0 atom stereocenters. The van der Waals surface area contributed by atoms with Gasteiger partial charge in [0.2, 0.25) is 0 Å². The average molecular weight is 257 g/mol. The highest BCUT2D eigenvalue weighted by atomic mass is 19.1. The van der Waals surface area contributed by atoms with Gasteiger partial charge in [-0.15, -0.1) is 5.10 Å². The first-order valence-electron chi connectivity index (χ1n) is 5.49. The SMILES string of the molecule is O=C(O)c1ccc2nc(-c3cccc(F)c3)nn2c1. The highest BCUT2D eigenvalue weighted by molar-refractivity contribution is 5.87. The number of fused-ring (bicyclic) bond motifs is 1. The van der Waals surface area contributed by atoms with Crippen molar-refractivity contribution in [3.8, 4) is 11.4 Å². The van der Waals surface area contributed by atoms with Crippen molar-refractivity contribution in [3.05, 3.63) is 54.0 Å². The lowest BCUT2D eigenvalue weighted by Gasteiger charge is -1.94. The predicted octanol–water partition coefficient (Wildman–Crippen LogP) is 2.23. The number of hydrogen-bond donors (Lipinski definition) is 1. The summed E-state index contributed by atoms with van der Waals surface area (Å²) in [6, 6.07) is 8.92. The molecule has 0 aliphatic rings. The summed E-state index contributed by atoms with van der Waals surface area (Å²) in [4.78, 5) is 15.1. The van der Waals surface area contributed by atoms with E-state index in [0.717, 1.165) is 0 Å². The van der Waals surface area contributed by atoms with Crippen molar-refractivity contribution in [1.29, 1.82) is 0 Å². The molecule has 2 aromatic heterocycles. The minimum atomic E-state index is -1.04.